The maximum Gasteiger partial charge on any atom is 0.410 e. The van der Waals surface area contributed by atoms with Crippen LogP contribution in [0.3, 0.4) is 0 Å². The molecule has 1 atom stereocenters. The van der Waals surface area contributed by atoms with Crippen LogP contribution in [0.4, 0.5) is 9.80 Å². The molecule has 0 fully saturated rings. The molecule has 34 heavy (non-hydrogen) atoms. The Kier molecular flexibility index (Phi) is 7.50. The van der Waals surface area contributed by atoms with Gasteiger partial charge in [0.15, 0.2) is 0 Å². The second kappa shape index (κ2) is 10.9. The lowest BCUT2D eigenvalue weighted by molar-refractivity contribution is -0.116. The summed E-state index contributed by atoms with van der Waals surface area (Å²) < 4.78 is 5.43. The first-order chi connectivity index (χ1) is 16.5. The Morgan fingerprint density at radius 2 is 2.03 bits per heavy atom. The van der Waals surface area contributed by atoms with Gasteiger partial charge in [-0.1, -0.05) is 19.1 Å². The minimum atomic E-state index is -0.386. The van der Waals surface area contributed by atoms with E-state index >= 15 is 0 Å². The van der Waals surface area contributed by atoms with Gasteiger partial charge in [0.1, 0.15) is 11.1 Å². The van der Waals surface area contributed by atoms with E-state index in [1.807, 2.05) is 43.3 Å². The van der Waals surface area contributed by atoms with E-state index in [4.69, 9.17) is 4.74 Å². The van der Waals surface area contributed by atoms with Gasteiger partial charge in [-0.3, -0.25) is 14.8 Å². The molecule has 0 saturated heterocycles. The topological polar surface area (TPSA) is 108 Å². The Labute approximate surface area is 202 Å². The average Bonchev–Trinajstić information content (AvgIpc) is 3.20. The highest BCUT2D eigenvalue weighted by Crippen LogP contribution is 2.37. The number of thiophene rings is 1. The highest BCUT2D eigenvalue weighted by molar-refractivity contribution is 7.16. The summed E-state index contributed by atoms with van der Waals surface area (Å²) in [5.74, 6) is -0.211. The first-order valence-electron chi connectivity index (χ1n) is 11.1. The number of hydrogen-bond donors (Lipinski definition) is 1. The van der Waals surface area contributed by atoms with Crippen molar-refractivity contribution in [1.82, 2.24) is 14.9 Å². The molecule has 1 aliphatic heterocycles. The Hall–Kier alpha value is -3.77. The Bertz CT molecular complexity index is 1190. The zero-order valence-electron chi connectivity index (χ0n) is 18.9. The minimum absolute atomic E-state index is 0.0438. The van der Waals surface area contributed by atoms with Gasteiger partial charge < -0.3 is 15.0 Å². The second-order valence-electron chi connectivity index (χ2n) is 8.08. The number of aromatic nitrogens is 2. The average molecular weight is 476 g/mol. The van der Waals surface area contributed by atoms with Crippen LogP contribution in [0.1, 0.15) is 46.7 Å². The van der Waals surface area contributed by atoms with Crippen molar-refractivity contribution in [3.8, 4) is 6.07 Å². The molecule has 174 valence electrons. The van der Waals surface area contributed by atoms with Crippen LogP contribution in [0, 0.1) is 11.3 Å². The van der Waals surface area contributed by atoms with Crippen molar-refractivity contribution in [2.24, 2.45) is 0 Å². The van der Waals surface area contributed by atoms with E-state index in [0.717, 1.165) is 21.8 Å². The highest BCUT2D eigenvalue weighted by Gasteiger charge is 2.28. The van der Waals surface area contributed by atoms with Crippen molar-refractivity contribution >= 4 is 28.3 Å². The van der Waals surface area contributed by atoms with E-state index < -0.39 is 0 Å². The third-order valence-electron chi connectivity index (χ3n) is 5.67. The number of pyridine rings is 2. The SMILES string of the molecule is CC(CC(=O)Nc1sc2c(c1C#N)CCN(C(=O)OCCc1ccccn1)C2)c1ccccn1. The highest BCUT2D eigenvalue weighted by atomic mass is 32.1. The number of amides is 2. The van der Waals surface area contributed by atoms with E-state index in [1.54, 1.807) is 17.3 Å². The molecule has 4 rings (SSSR count). The summed E-state index contributed by atoms with van der Waals surface area (Å²) in [4.78, 5) is 36.3. The van der Waals surface area contributed by atoms with Crippen LogP contribution < -0.4 is 5.32 Å². The van der Waals surface area contributed by atoms with Crippen molar-refractivity contribution < 1.29 is 14.3 Å². The van der Waals surface area contributed by atoms with Gasteiger partial charge in [-0.2, -0.15) is 5.26 Å². The molecule has 4 heterocycles. The van der Waals surface area contributed by atoms with Gasteiger partial charge in [-0.15, -0.1) is 11.3 Å². The summed E-state index contributed by atoms with van der Waals surface area (Å²) in [6.45, 7) is 3.02. The molecular weight excluding hydrogens is 450 g/mol. The van der Waals surface area contributed by atoms with Crippen molar-refractivity contribution in [3.05, 3.63) is 76.2 Å². The molecule has 3 aromatic heterocycles. The predicted molar refractivity (Wildman–Crippen MR) is 128 cm³/mol. The maximum absolute atomic E-state index is 12.7. The lowest BCUT2D eigenvalue weighted by Gasteiger charge is -2.26. The number of fused-ring (bicyclic) bond motifs is 1. The van der Waals surface area contributed by atoms with Crippen LogP contribution in [0.2, 0.25) is 0 Å². The van der Waals surface area contributed by atoms with Gasteiger partial charge in [-0.25, -0.2) is 4.79 Å². The molecule has 0 saturated carbocycles. The molecule has 1 aliphatic rings. The third-order valence-corrected chi connectivity index (χ3v) is 6.81. The van der Waals surface area contributed by atoms with Crippen LogP contribution in [-0.2, 0) is 28.9 Å². The summed E-state index contributed by atoms with van der Waals surface area (Å²) in [6.07, 6.45) is 4.39. The van der Waals surface area contributed by atoms with Crippen molar-refractivity contribution in [2.75, 3.05) is 18.5 Å². The first kappa shape index (κ1) is 23.4. The number of carbonyl (C=O) groups excluding carboxylic acids is 2. The number of nitrogens with one attached hydrogen (secondary N) is 1. The Morgan fingerprint density at radius 3 is 2.74 bits per heavy atom. The fourth-order valence-corrected chi connectivity index (χ4v) is 5.10. The molecule has 0 aliphatic carbocycles. The first-order valence-corrected chi connectivity index (χ1v) is 11.9. The van der Waals surface area contributed by atoms with Crippen molar-refractivity contribution in [3.63, 3.8) is 0 Å². The van der Waals surface area contributed by atoms with E-state index in [2.05, 4.69) is 21.4 Å². The molecule has 3 aromatic rings. The Balaban J connectivity index is 1.35. The van der Waals surface area contributed by atoms with Crippen LogP contribution in [0.5, 0.6) is 0 Å². The molecule has 1 N–H and O–H groups in total. The van der Waals surface area contributed by atoms with Gasteiger partial charge in [0.2, 0.25) is 5.91 Å². The van der Waals surface area contributed by atoms with Gasteiger partial charge in [-0.05, 0) is 36.2 Å². The monoisotopic (exact) mass is 475 g/mol. The van der Waals surface area contributed by atoms with E-state index in [0.29, 0.717) is 36.5 Å². The predicted octanol–water partition coefficient (Wildman–Crippen LogP) is 4.28. The quantitative estimate of drug-likeness (QED) is 0.546. The number of hydrogen-bond acceptors (Lipinski definition) is 7. The molecular formula is C25H25N5O3S. The van der Waals surface area contributed by atoms with Crippen LogP contribution in [0.15, 0.2) is 48.8 Å². The van der Waals surface area contributed by atoms with Gasteiger partial charge in [0.25, 0.3) is 0 Å². The zero-order valence-corrected chi connectivity index (χ0v) is 19.7. The standard InChI is InChI=1S/C25H25N5O3S/c1-17(21-7-3-5-11-28-21)14-23(31)29-24-20(15-26)19-8-12-30(16-22(19)34-24)25(32)33-13-9-18-6-2-4-10-27-18/h2-7,10-11,17H,8-9,12-14,16H2,1H3,(H,29,31). The van der Waals surface area contributed by atoms with Gasteiger partial charge in [0, 0.05) is 54.0 Å². The summed E-state index contributed by atoms with van der Waals surface area (Å²) >= 11 is 1.35. The smallest absolute Gasteiger partial charge is 0.410 e. The number of anilines is 1. The van der Waals surface area contributed by atoms with Crippen LogP contribution in [-0.4, -0.2) is 40.0 Å². The number of ether oxygens (including phenoxy) is 1. The lowest BCUT2D eigenvalue weighted by atomic mass is 10.0. The second-order valence-corrected chi connectivity index (χ2v) is 9.19. The normalized spacial score (nSPS) is 13.5. The lowest BCUT2D eigenvalue weighted by Crippen LogP contribution is -2.36. The summed E-state index contributed by atoms with van der Waals surface area (Å²) in [6, 6.07) is 13.5. The van der Waals surface area contributed by atoms with Crippen molar-refractivity contribution in [2.45, 2.75) is 38.6 Å². The zero-order chi connectivity index (χ0) is 23.9. The molecule has 8 nitrogen and oxygen atoms in total. The maximum atomic E-state index is 12.7. The summed E-state index contributed by atoms with van der Waals surface area (Å²) in [7, 11) is 0. The van der Waals surface area contributed by atoms with Crippen LogP contribution >= 0.6 is 11.3 Å². The fourth-order valence-electron chi connectivity index (χ4n) is 3.87. The number of nitrogens with zero attached hydrogens (tertiary/aromatic N) is 4. The largest absolute Gasteiger partial charge is 0.449 e. The molecule has 9 heteroatoms. The molecule has 2 amide bonds. The molecule has 1 unspecified atom stereocenters. The van der Waals surface area contributed by atoms with E-state index in [-0.39, 0.29) is 30.9 Å². The molecule has 0 spiro atoms. The van der Waals surface area contributed by atoms with E-state index in [9.17, 15) is 14.9 Å². The summed E-state index contributed by atoms with van der Waals surface area (Å²) in [5, 5.41) is 13.2. The van der Waals surface area contributed by atoms with E-state index in [1.165, 1.54) is 11.3 Å². The molecule has 0 radical (unpaired) electrons. The van der Waals surface area contributed by atoms with Crippen molar-refractivity contribution in [1.29, 1.82) is 5.26 Å². The molecule has 0 bridgehead atoms. The summed E-state index contributed by atoms with van der Waals surface area (Å²) in [5.41, 5.74) is 3.10. The van der Waals surface area contributed by atoms with Gasteiger partial charge >= 0.3 is 6.09 Å². The number of carbonyl (C=O) groups is 2. The third kappa shape index (κ3) is 5.58. The minimum Gasteiger partial charge on any atom is -0.449 e. The Morgan fingerprint density at radius 1 is 1.24 bits per heavy atom. The fraction of sp³-hybridized carbons (Fsp3) is 0.320. The van der Waals surface area contributed by atoms with Gasteiger partial charge in [0.05, 0.1) is 18.7 Å². The van der Waals surface area contributed by atoms with Crippen LogP contribution in [0.25, 0.3) is 0 Å². The molecule has 0 aromatic carbocycles. The number of rotatable bonds is 7. The number of nitriles is 1.